The Morgan fingerprint density at radius 1 is 1.60 bits per heavy atom. The van der Waals surface area contributed by atoms with E-state index in [2.05, 4.69) is 9.72 Å². The number of aromatic nitrogens is 1. The highest BCUT2D eigenvalue weighted by atomic mass is 127. The number of alkyl halides is 2. The number of carbonyl (C=O) groups is 1. The molecule has 0 bridgehead atoms. The summed E-state index contributed by atoms with van der Waals surface area (Å²) in [6, 6.07) is 1.13. The van der Waals surface area contributed by atoms with Gasteiger partial charge in [-0.05, 0) is 35.6 Å². The Morgan fingerprint density at radius 3 is 2.67 bits per heavy atom. The number of halogens is 3. The van der Waals surface area contributed by atoms with Crippen LogP contribution in [-0.2, 0) is 4.74 Å². The molecule has 0 atom stereocenters. The first-order chi connectivity index (χ1) is 6.97. The average Bonchev–Trinajstić information content (AvgIpc) is 2.16. The number of ether oxygens (including phenoxy) is 1. The number of nitrogens with zero attached hydrogens (tertiary/aromatic N) is 1. The number of hydrogen-bond acceptors (Lipinski definition) is 3. The molecule has 0 spiro atoms. The summed E-state index contributed by atoms with van der Waals surface area (Å²) in [4.78, 5) is 15.1. The zero-order valence-corrected chi connectivity index (χ0v) is 10.2. The van der Waals surface area contributed by atoms with Crippen molar-refractivity contribution in [1.82, 2.24) is 4.98 Å². The first kappa shape index (κ1) is 12.3. The third-order valence-corrected chi connectivity index (χ3v) is 2.70. The van der Waals surface area contributed by atoms with Crippen LogP contribution in [0.5, 0.6) is 0 Å². The molecule has 0 saturated carbocycles. The fraction of sp³-hybridized carbons (Fsp3) is 0.333. The highest BCUT2D eigenvalue weighted by Crippen LogP contribution is 2.25. The van der Waals surface area contributed by atoms with Crippen molar-refractivity contribution in [2.45, 2.75) is 13.3 Å². The van der Waals surface area contributed by atoms with Crippen LogP contribution >= 0.6 is 22.6 Å². The molecule has 82 valence electrons. The van der Waals surface area contributed by atoms with Gasteiger partial charge in [0.05, 0.1) is 23.9 Å². The second-order valence-electron chi connectivity index (χ2n) is 2.79. The lowest BCUT2D eigenvalue weighted by Crippen LogP contribution is -2.08. The van der Waals surface area contributed by atoms with Gasteiger partial charge in [-0.1, -0.05) is 0 Å². The summed E-state index contributed by atoms with van der Waals surface area (Å²) in [6.45, 7) is 1.57. The molecule has 0 aromatic carbocycles. The average molecular weight is 327 g/mol. The van der Waals surface area contributed by atoms with Crippen molar-refractivity contribution in [3.05, 3.63) is 26.6 Å². The molecule has 0 radical (unpaired) electrons. The molecule has 0 amide bonds. The van der Waals surface area contributed by atoms with Gasteiger partial charge in [0.25, 0.3) is 6.43 Å². The molecular formula is C9H8F2INO2. The smallest absolute Gasteiger partial charge is 0.339 e. The van der Waals surface area contributed by atoms with Gasteiger partial charge in [0.2, 0.25) is 0 Å². The van der Waals surface area contributed by atoms with Crippen LogP contribution < -0.4 is 0 Å². The van der Waals surface area contributed by atoms with Crippen molar-refractivity contribution in [3.63, 3.8) is 0 Å². The Hall–Kier alpha value is -0.790. The molecule has 0 saturated heterocycles. The molecule has 6 heteroatoms. The first-order valence-corrected chi connectivity index (χ1v) is 5.08. The summed E-state index contributed by atoms with van der Waals surface area (Å²) in [6.07, 6.45) is -2.64. The van der Waals surface area contributed by atoms with Gasteiger partial charge in [-0.25, -0.2) is 18.6 Å². The van der Waals surface area contributed by atoms with Crippen LogP contribution in [-0.4, -0.2) is 18.1 Å². The van der Waals surface area contributed by atoms with Crippen molar-refractivity contribution >= 4 is 28.6 Å². The first-order valence-electron chi connectivity index (χ1n) is 4.01. The van der Waals surface area contributed by atoms with Crippen molar-refractivity contribution in [3.8, 4) is 0 Å². The summed E-state index contributed by atoms with van der Waals surface area (Å²) in [7, 11) is 1.20. The Labute approximate surface area is 99.0 Å². The number of aryl methyl sites for hydroxylation is 1. The number of carbonyl (C=O) groups excluding carboxylic acids is 1. The van der Waals surface area contributed by atoms with Crippen molar-refractivity contribution in [2.75, 3.05) is 7.11 Å². The third-order valence-electron chi connectivity index (χ3n) is 1.83. The van der Waals surface area contributed by atoms with Gasteiger partial charge in [-0.3, -0.25) is 0 Å². The highest BCUT2D eigenvalue weighted by molar-refractivity contribution is 14.1. The maximum atomic E-state index is 12.5. The molecule has 15 heavy (non-hydrogen) atoms. The number of pyridine rings is 1. The van der Waals surface area contributed by atoms with Crippen molar-refractivity contribution in [2.24, 2.45) is 0 Å². The van der Waals surface area contributed by atoms with Gasteiger partial charge in [0, 0.05) is 0 Å². The minimum absolute atomic E-state index is 0.0771. The SMILES string of the molecule is COC(=O)c1cc(C(F)F)c(I)nc1C. The Balaban J connectivity index is 3.29. The molecule has 0 N–H and O–H groups in total. The van der Waals surface area contributed by atoms with E-state index in [1.807, 2.05) is 0 Å². The number of methoxy groups -OCH3 is 1. The second-order valence-corrected chi connectivity index (χ2v) is 3.82. The number of rotatable bonds is 2. The topological polar surface area (TPSA) is 39.2 Å². The molecule has 1 aromatic heterocycles. The Morgan fingerprint density at radius 2 is 2.20 bits per heavy atom. The molecular weight excluding hydrogens is 319 g/mol. The molecule has 1 aromatic rings. The van der Waals surface area contributed by atoms with Crippen LogP contribution in [0.4, 0.5) is 8.78 Å². The quantitative estimate of drug-likeness (QED) is 0.476. The lowest BCUT2D eigenvalue weighted by Gasteiger charge is -2.08. The molecule has 0 aliphatic carbocycles. The Bertz CT molecular complexity index is 396. The fourth-order valence-corrected chi connectivity index (χ4v) is 1.81. The monoisotopic (exact) mass is 327 g/mol. The summed E-state index contributed by atoms with van der Waals surface area (Å²) in [5, 5.41) is 0. The van der Waals surface area contributed by atoms with E-state index in [9.17, 15) is 13.6 Å². The predicted molar refractivity (Wildman–Crippen MR) is 58.0 cm³/mol. The van der Waals surface area contributed by atoms with Gasteiger partial charge in [-0.15, -0.1) is 0 Å². The van der Waals surface area contributed by atoms with E-state index >= 15 is 0 Å². The minimum Gasteiger partial charge on any atom is -0.465 e. The zero-order valence-electron chi connectivity index (χ0n) is 8.05. The maximum absolute atomic E-state index is 12.5. The van der Waals surface area contributed by atoms with Gasteiger partial charge in [-0.2, -0.15) is 0 Å². The van der Waals surface area contributed by atoms with Crippen molar-refractivity contribution in [1.29, 1.82) is 0 Å². The zero-order chi connectivity index (χ0) is 11.6. The minimum atomic E-state index is -2.64. The predicted octanol–water partition coefficient (Wildman–Crippen LogP) is 2.72. The maximum Gasteiger partial charge on any atom is 0.339 e. The largest absolute Gasteiger partial charge is 0.465 e. The normalized spacial score (nSPS) is 10.5. The van der Waals surface area contributed by atoms with Crippen LogP contribution in [0.1, 0.15) is 28.0 Å². The van der Waals surface area contributed by atoms with Gasteiger partial charge < -0.3 is 4.74 Å². The van der Waals surface area contributed by atoms with E-state index in [-0.39, 0.29) is 14.8 Å². The third kappa shape index (κ3) is 2.61. The summed E-state index contributed by atoms with van der Waals surface area (Å²) in [5.74, 6) is -0.654. The molecule has 3 nitrogen and oxygen atoms in total. The lowest BCUT2D eigenvalue weighted by atomic mass is 10.1. The van der Waals surface area contributed by atoms with E-state index in [1.54, 1.807) is 29.5 Å². The van der Waals surface area contributed by atoms with E-state index in [0.717, 1.165) is 6.07 Å². The molecule has 1 rings (SSSR count). The summed E-state index contributed by atoms with van der Waals surface area (Å²) >= 11 is 1.71. The van der Waals surface area contributed by atoms with E-state index in [0.29, 0.717) is 5.69 Å². The van der Waals surface area contributed by atoms with Gasteiger partial charge in [0.1, 0.15) is 3.70 Å². The van der Waals surface area contributed by atoms with E-state index < -0.39 is 12.4 Å². The molecule has 0 unspecified atom stereocenters. The van der Waals surface area contributed by atoms with Crippen LogP contribution in [0.25, 0.3) is 0 Å². The lowest BCUT2D eigenvalue weighted by molar-refractivity contribution is 0.0598. The summed E-state index contributed by atoms with van der Waals surface area (Å²) < 4.78 is 29.7. The standard InChI is InChI=1S/C9H8F2INO2/c1-4-5(9(14)15-2)3-6(7(10)11)8(12)13-4/h3,7H,1-2H3. The molecule has 1 heterocycles. The highest BCUT2D eigenvalue weighted by Gasteiger charge is 2.19. The van der Waals surface area contributed by atoms with E-state index in [1.165, 1.54) is 7.11 Å². The van der Waals surface area contributed by atoms with Gasteiger partial charge in [0.15, 0.2) is 0 Å². The number of esters is 1. The molecule has 0 aliphatic rings. The second kappa shape index (κ2) is 4.82. The van der Waals surface area contributed by atoms with Crippen LogP contribution in [0.2, 0.25) is 0 Å². The van der Waals surface area contributed by atoms with E-state index in [4.69, 9.17) is 0 Å². The van der Waals surface area contributed by atoms with Gasteiger partial charge >= 0.3 is 5.97 Å². The van der Waals surface area contributed by atoms with Crippen LogP contribution in [0.15, 0.2) is 6.07 Å². The van der Waals surface area contributed by atoms with Crippen molar-refractivity contribution < 1.29 is 18.3 Å². The van der Waals surface area contributed by atoms with Crippen LogP contribution in [0.3, 0.4) is 0 Å². The number of hydrogen-bond donors (Lipinski definition) is 0. The van der Waals surface area contributed by atoms with Crippen LogP contribution in [0, 0.1) is 10.6 Å². The Kier molecular flexibility index (Phi) is 3.95. The summed E-state index contributed by atoms with van der Waals surface area (Å²) in [5.41, 5.74) is 0.213. The molecule has 0 aliphatic heterocycles. The fourth-order valence-electron chi connectivity index (χ4n) is 1.06. The molecule has 0 fully saturated rings.